The summed E-state index contributed by atoms with van der Waals surface area (Å²) in [5, 5.41) is 0.518. The maximum Gasteiger partial charge on any atom is 0.235 e. The molecule has 2 aromatic carbocycles. The van der Waals surface area contributed by atoms with Crippen LogP contribution in [0.25, 0.3) is 22.3 Å². The Morgan fingerprint density at radius 3 is 2.06 bits per heavy atom. The summed E-state index contributed by atoms with van der Waals surface area (Å²) in [7, 11) is 4.68. The van der Waals surface area contributed by atoms with E-state index in [-0.39, 0.29) is 11.2 Å². The molecule has 0 saturated heterocycles. The first-order valence-electron chi connectivity index (χ1n) is 13.1. The second-order valence-electron chi connectivity index (χ2n) is 9.05. The van der Waals surface area contributed by atoms with Gasteiger partial charge in [-0.3, -0.25) is 4.79 Å². The van der Waals surface area contributed by atoms with E-state index in [0.29, 0.717) is 46.1 Å². The minimum Gasteiger partial charge on any atom is -0.493 e. The van der Waals surface area contributed by atoms with Crippen LogP contribution in [-0.2, 0) is 6.42 Å². The fourth-order valence-corrected chi connectivity index (χ4v) is 4.34. The highest BCUT2D eigenvalue weighted by atomic mass is 16.5. The first-order chi connectivity index (χ1) is 17.6. The standard InChI is InChI=1S/C30H40O6/c1-6-8-10-11-12-13-14-21-15-16-23-24(18-21)36-28(30(27(23)31)35-17-9-7-2)22-19-25(32-3)29(34-5)26(20-22)33-4/h15-16,18-20H,6-14,17H2,1-5H3. The van der Waals surface area contributed by atoms with E-state index in [9.17, 15) is 4.79 Å². The van der Waals surface area contributed by atoms with Gasteiger partial charge in [0.05, 0.1) is 33.3 Å². The highest BCUT2D eigenvalue weighted by molar-refractivity contribution is 5.83. The van der Waals surface area contributed by atoms with Crippen molar-refractivity contribution in [3.63, 3.8) is 0 Å². The number of unbranched alkanes of at least 4 members (excludes halogenated alkanes) is 6. The Hall–Kier alpha value is -3.15. The molecule has 0 aliphatic heterocycles. The molecule has 3 aromatic rings. The Balaban J connectivity index is 2.04. The predicted molar refractivity (Wildman–Crippen MR) is 145 cm³/mol. The maximum atomic E-state index is 13.5. The van der Waals surface area contributed by atoms with E-state index in [1.807, 2.05) is 18.2 Å². The zero-order chi connectivity index (χ0) is 25.9. The molecule has 0 amide bonds. The summed E-state index contributed by atoms with van der Waals surface area (Å²) >= 11 is 0. The average Bonchev–Trinajstić information content (AvgIpc) is 2.90. The van der Waals surface area contributed by atoms with E-state index in [1.54, 1.807) is 33.5 Å². The monoisotopic (exact) mass is 496 g/mol. The van der Waals surface area contributed by atoms with Gasteiger partial charge >= 0.3 is 0 Å². The maximum absolute atomic E-state index is 13.5. The van der Waals surface area contributed by atoms with Gasteiger partial charge in [0.25, 0.3) is 0 Å². The Kier molecular flexibility index (Phi) is 10.5. The number of benzene rings is 2. The molecule has 6 heteroatoms. The van der Waals surface area contributed by atoms with Crippen LogP contribution in [0.2, 0.25) is 0 Å². The molecule has 0 fully saturated rings. The molecule has 0 unspecified atom stereocenters. The molecule has 0 aliphatic carbocycles. The van der Waals surface area contributed by atoms with Crippen molar-refractivity contribution in [1.82, 2.24) is 0 Å². The van der Waals surface area contributed by atoms with Crippen molar-refractivity contribution in [1.29, 1.82) is 0 Å². The SMILES string of the molecule is CCCCCCCCc1ccc2c(=O)c(OCCCC)c(-c3cc(OC)c(OC)c(OC)c3)oc2c1. The molecule has 0 radical (unpaired) electrons. The van der Waals surface area contributed by atoms with Crippen LogP contribution in [0.15, 0.2) is 39.5 Å². The van der Waals surface area contributed by atoms with Gasteiger partial charge in [-0.15, -0.1) is 0 Å². The highest BCUT2D eigenvalue weighted by Gasteiger charge is 2.22. The third kappa shape index (κ3) is 6.54. The lowest BCUT2D eigenvalue weighted by atomic mass is 10.0. The van der Waals surface area contributed by atoms with Crippen molar-refractivity contribution < 1.29 is 23.4 Å². The lowest BCUT2D eigenvalue weighted by Crippen LogP contribution is -2.11. The van der Waals surface area contributed by atoms with Crippen LogP contribution in [0.3, 0.4) is 0 Å². The van der Waals surface area contributed by atoms with E-state index in [2.05, 4.69) is 13.8 Å². The Morgan fingerprint density at radius 1 is 0.750 bits per heavy atom. The Morgan fingerprint density at radius 2 is 1.42 bits per heavy atom. The van der Waals surface area contributed by atoms with Crippen molar-refractivity contribution in [2.45, 2.75) is 71.6 Å². The number of aryl methyl sites for hydroxylation is 1. The fourth-order valence-electron chi connectivity index (χ4n) is 4.34. The second-order valence-corrected chi connectivity index (χ2v) is 9.05. The second kappa shape index (κ2) is 13.8. The first-order valence-corrected chi connectivity index (χ1v) is 13.1. The molecule has 1 heterocycles. The minimum absolute atomic E-state index is 0.178. The van der Waals surface area contributed by atoms with Crippen LogP contribution in [0.4, 0.5) is 0 Å². The molecule has 196 valence electrons. The van der Waals surface area contributed by atoms with Crippen LogP contribution in [0.5, 0.6) is 23.0 Å². The molecule has 0 bridgehead atoms. The molecule has 0 spiro atoms. The van der Waals surface area contributed by atoms with Crippen LogP contribution in [0, 0.1) is 0 Å². The van der Waals surface area contributed by atoms with Gasteiger partial charge < -0.3 is 23.4 Å². The summed E-state index contributed by atoms with van der Waals surface area (Å²) in [4.78, 5) is 13.5. The van der Waals surface area contributed by atoms with Crippen LogP contribution >= 0.6 is 0 Å². The average molecular weight is 497 g/mol. The molecule has 0 atom stereocenters. The number of ether oxygens (including phenoxy) is 4. The number of fused-ring (bicyclic) bond motifs is 1. The number of hydrogen-bond acceptors (Lipinski definition) is 6. The fraction of sp³-hybridized carbons (Fsp3) is 0.500. The van der Waals surface area contributed by atoms with Gasteiger partial charge in [-0.2, -0.15) is 0 Å². The van der Waals surface area contributed by atoms with E-state index in [4.69, 9.17) is 23.4 Å². The van der Waals surface area contributed by atoms with Crippen molar-refractivity contribution in [3.8, 4) is 34.3 Å². The van der Waals surface area contributed by atoms with Crippen molar-refractivity contribution in [2.75, 3.05) is 27.9 Å². The van der Waals surface area contributed by atoms with Gasteiger partial charge in [0.1, 0.15) is 5.58 Å². The molecule has 36 heavy (non-hydrogen) atoms. The normalized spacial score (nSPS) is 11.0. The molecule has 0 N–H and O–H groups in total. The molecule has 0 aliphatic rings. The molecular formula is C30H40O6. The third-order valence-corrected chi connectivity index (χ3v) is 6.41. The van der Waals surface area contributed by atoms with Gasteiger partial charge in [-0.25, -0.2) is 0 Å². The van der Waals surface area contributed by atoms with Crippen LogP contribution in [0.1, 0.15) is 70.8 Å². The summed E-state index contributed by atoms with van der Waals surface area (Å²) in [6.07, 6.45) is 10.2. The lowest BCUT2D eigenvalue weighted by Gasteiger charge is -2.16. The van der Waals surface area contributed by atoms with E-state index >= 15 is 0 Å². The van der Waals surface area contributed by atoms with Gasteiger partial charge in [-0.1, -0.05) is 58.4 Å². The molecule has 0 saturated carbocycles. The van der Waals surface area contributed by atoms with Gasteiger partial charge in [0.2, 0.25) is 16.9 Å². The summed E-state index contributed by atoms with van der Waals surface area (Å²) in [5.41, 5.74) is 2.16. The lowest BCUT2D eigenvalue weighted by molar-refractivity contribution is 0.301. The van der Waals surface area contributed by atoms with Gasteiger partial charge in [0, 0.05) is 5.56 Å². The Labute approximate surface area is 214 Å². The summed E-state index contributed by atoms with van der Waals surface area (Å²) in [5.74, 6) is 1.99. The van der Waals surface area contributed by atoms with Crippen molar-refractivity contribution in [3.05, 3.63) is 46.1 Å². The molecular weight excluding hydrogens is 456 g/mol. The topological polar surface area (TPSA) is 67.1 Å². The quantitative estimate of drug-likeness (QED) is 0.202. The molecule has 1 aromatic heterocycles. The molecule has 3 rings (SSSR count). The zero-order valence-corrected chi connectivity index (χ0v) is 22.4. The van der Waals surface area contributed by atoms with Gasteiger partial charge in [0.15, 0.2) is 17.3 Å². The highest BCUT2D eigenvalue weighted by Crippen LogP contribution is 2.43. The summed E-state index contributed by atoms with van der Waals surface area (Å²) in [6.45, 7) is 4.74. The van der Waals surface area contributed by atoms with E-state index in [0.717, 1.165) is 31.2 Å². The van der Waals surface area contributed by atoms with E-state index in [1.165, 1.54) is 32.1 Å². The summed E-state index contributed by atoms with van der Waals surface area (Å²) in [6, 6.07) is 9.43. The predicted octanol–water partition coefficient (Wildman–Crippen LogP) is 7.57. The number of methoxy groups -OCH3 is 3. The zero-order valence-electron chi connectivity index (χ0n) is 22.4. The Bertz CT molecular complexity index is 1160. The first kappa shape index (κ1) is 27.4. The van der Waals surface area contributed by atoms with Gasteiger partial charge in [-0.05, 0) is 49.1 Å². The van der Waals surface area contributed by atoms with Crippen LogP contribution < -0.4 is 24.4 Å². The molecule has 6 nitrogen and oxygen atoms in total. The van der Waals surface area contributed by atoms with Crippen molar-refractivity contribution >= 4 is 11.0 Å². The van der Waals surface area contributed by atoms with Crippen LogP contribution in [-0.4, -0.2) is 27.9 Å². The number of rotatable bonds is 15. The number of hydrogen-bond donors (Lipinski definition) is 0. The third-order valence-electron chi connectivity index (χ3n) is 6.41. The largest absolute Gasteiger partial charge is 0.493 e. The minimum atomic E-state index is -0.178. The van der Waals surface area contributed by atoms with Crippen molar-refractivity contribution in [2.24, 2.45) is 0 Å². The summed E-state index contributed by atoms with van der Waals surface area (Å²) < 4.78 is 28.9. The van der Waals surface area contributed by atoms with E-state index < -0.39 is 0 Å². The smallest absolute Gasteiger partial charge is 0.235 e.